The Balaban J connectivity index is 2.12. The monoisotopic (exact) mass is 454 g/mol. The highest BCUT2D eigenvalue weighted by atomic mass is 16.6. The van der Waals surface area contributed by atoms with Crippen molar-refractivity contribution < 1.29 is 19.2 Å². The number of aromatic nitrogens is 2. The second-order valence-corrected chi connectivity index (χ2v) is 9.13. The summed E-state index contributed by atoms with van der Waals surface area (Å²) in [7, 11) is 3.16. The molecule has 0 saturated heterocycles. The molecule has 9 nitrogen and oxygen atoms in total. The van der Waals surface area contributed by atoms with Gasteiger partial charge in [0.25, 0.3) is 11.6 Å². The van der Waals surface area contributed by atoms with Gasteiger partial charge in [0.15, 0.2) is 5.78 Å². The average Bonchev–Trinajstić information content (AvgIpc) is 3.12. The van der Waals surface area contributed by atoms with E-state index in [-0.39, 0.29) is 34.0 Å². The lowest BCUT2D eigenvalue weighted by atomic mass is 9.75. The zero-order chi connectivity index (χ0) is 24.3. The minimum atomic E-state index is -0.519. The number of rotatable bonds is 9. The van der Waals surface area contributed by atoms with Gasteiger partial charge in [0, 0.05) is 38.8 Å². The number of aryl methyl sites for hydroxylation is 1. The zero-order valence-electron chi connectivity index (χ0n) is 19.6. The maximum absolute atomic E-state index is 13.0. The fraction of sp³-hybridized carbons (Fsp3) is 0.458. The van der Waals surface area contributed by atoms with Crippen molar-refractivity contribution in [3.8, 4) is 5.69 Å². The van der Waals surface area contributed by atoms with E-state index in [9.17, 15) is 19.7 Å². The van der Waals surface area contributed by atoms with Gasteiger partial charge in [-0.25, -0.2) is 4.68 Å². The molecule has 1 amide bonds. The SMILES string of the molecule is C=CCCc1nn(-c2ccc(C(=O)N(C)CCOC)cc2[N+](=O)[O-])c2c1C(=O)CC(C)(C)C2. The summed E-state index contributed by atoms with van der Waals surface area (Å²) in [5.41, 5.74) is 1.78. The number of hydrogen-bond donors (Lipinski definition) is 0. The Kier molecular flexibility index (Phi) is 7.12. The van der Waals surface area contributed by atoms with Crippen molar-refractivity contribution >= 4 is 17.4 Å². The summed E-state index contributed by atoms with van der Waals surface area (Å²) in [4.78, 5) is 38.6. The largest absolute Gasteiger partial charge is 0.383 e. The highest BCUT2D eigenvalue weighted by molar-refractivity contribution is 6.00. The number of fused-ring (bicyclic) bond motifs is 1. The number of nitro benzene ring substituents is 1. The lowest BCUT2D eigenvalue weighted by molar-refractivity contribution is -0.384. The van der Waals surface area contributed by atoms with Crippen LogP contribution in [0.5, 0.6) is 0 Å². The molecule has 0 unspecified atom stereocenters. The maximum Gasteiger partial charge on any atom is 0.295 e. The number of carbonyl (C=O) groups excluding carboxylic acids is 2. The van der Waals surface area contributed by atoms with E-state index in [0.717, 1.165) is 0 Å². The van der Waals surface area contributed by atoms with Gasteiger partial charge in [0.1, 0.15) is 5.69 Å². The first kappa shape index (κ1) is 24.3. The third-order valence-electron chi connectivity index (χ3n) is 5.83. The Morgan fingerprint density at radius 1 is 1.39 bits per heavy atom. The summed E-state index contributed by atoms with van der Waals surface area (Å²) < 4.78 is 6.52. The molecule has 0 aliphatic heterocycles. The van der Waals surface area contributed by atoms with E-state index in [1.807, 2.05) is 13.8 Å². The third-order valence-corrected chi connectivity index (χ3v) is 5.83. The molecule has 0 saturated carbocycles. The first-order chi connectivity index (χ1) is 15.6. The highest BCUT2D eigenvalue weighted by Gasteiger charge is 2.37. The van der Waals surface area contributed by atoms with E-state index in [1.165, 1.54) is 28.8 Å². The van der Waals surface area contributed by atoms with Crippen LogP contribution >= 0.6 is 0 Å². The molecule has 0 bridgehead atoms. The minimum absolute atomic E-state index is 0.000723. The molecule has 3 rings (SSSR count). The number of benzene rings is 1. The van der Waals surface area contributed by atoms with Gasteiger partial charge in [0.05, 0.1) is 28.5 Å². The lowest BCUT2D eigenvalue weighted by Crippen LogP contribution is -2.30. The van der Waals surface area contributed by atoms with Gasteiger partial charge in [-0.2, -0.15) is 5.10 Å². The summed E-state index contributed by atoms with van der Waals surface area (Å²) in [5.74, 6) is -0.340. The highest BCUT2D eigenvalue weighted by Crippen LogP contribution is 2.38. The van der Waals surface area contributed by atoms with E-state index in [4.69, 9.17) is 4.74 Å². The summed E-state index contributed by atoms with van der Waals surface area (Å²) >= 11 is 0. The van der Waals surface area contributed by atoms with Crippen LogP contribution in [0.15, 0.2) is 30.9 Å². The molecule has 0 N–H and O–H groups in total. The predicted molar refractivity (Wildman–Crippen MR) is 124 cm³/mol. The number of methoxy groups -OCH3 is 1. The van der Waals surface area contributed by atoms with E-state index in [1.54, 1.807) is 19.2 Å². The Hall–Kier alpha value is -3.33. The second-order valence-electron chi connectivity index (χ2n) is 9.13. The lowest BCUT2D eigenvalue weighted by Gasteiger charge is -2.29. The van der Waals surface area contributed by atoms with Crippen molar-refractivity contribution in [2.75, 3.05) is 27.3 Å². The fourth-order valence-corrected chi connectivity index (χ4v) is 4.17. The number of hydrogen-bond acceptors (Lipinski definition) is 6. The van der Waals surface area contributed by atoms with Crippen LogP contribution in [-0.2, 0) is 17.6 Å². The Morgan fingerprint density at radius 2 is 2.12 bits per heavy atom. The van der Waals surface area contributed by atoms with Gasteiger partial charge in [-0.05, 0) is 36.8 Å². The molecule has 2 aromatic rings. The number of ether oxygens (including phenoxy) is 1. The molecule has 1 aromatic heterocycles. The van der Waals surface area contributed by atoms with Gasteiger partial charge in [-0.3, -0.25) is 19.7 Å². The molecular weight excluding hydrogens is 424 g/mol. The summed E-state index contributed by atoms with van der Waals surface area (Å²) in [6, 6.07) is 4.36. The number of likely N-dealkylation sites (N-methyl/N-ethyl adjacent to an activating group) is 1. The number of nitro groups is 1. The van der Waals surface area contributed by atoms with Crippen molar-refractivity contribution in [1.29, 1.82) is 0 Å². The van der Waals surface area contributed by atoms with Crippen molar-refractivity contribution in [3.63, 3.8) is 0 Å². The van der Waals surface area contributed by atoms with E-state index in [2.05, 4.69) is 11.7 Å². The van der Waals surface area contributed by atoms with Crippen LogP contribution in [-0.4, -0.2) is 58.6 Å². The van der Waals surface area contributed by atoms with Crippen LogP contribution in [0.4, 0.5) is 5.69 Å². The molecule has 0 atom stereocenters. The summed E-state index contributed by atoms with van der Waals surface area (Å²) in [6.07, 6.45) is 3.89. The smallest absolute Gasteiger partial charge is 0.295 e. The first-order valence-electron chi connectivity index (χ1n) is 10.9. The molecule has 9 heteroatoms. The normalized spacial score (nSPS) is 14.6. The Bertz CT molecular complexity index is 1100. The maximum atomic E-state index is 13.0. The first-order valence-corrected chi connectivity index (χ1v) is 10.9. The van der Waals surface area contributed by atoms with E-state index < -0.39 is 4.92 Å². The number of carbonyl (C=O) groups is 2. The second kappa shape index (κ2) is 9.66. The molecule has 1 aliphatic carbocycles. The number of nitrogens with zero attached hydrogens (tertiary/aromatic N) is 4. The molecule has 176 valence electrons. The minimum Gasteiger partial charge on any atom is -0.383 e. The van der Waals surface area contributed by atoms with Crippen LogP contribution < -0.4 is 0 Å². The van der Waals surface area contributed by atoms with Gasteiger partial charge >= 0.3 is 0 Å². The van der Waals surface area contributed by atoms with Crippen LogP contribution in [0.2, 0.25) is 0 Å². The molecule has 0 fully saturated rings. The Labute approximate surface area is 193 Å². The molecule has 0 radical (unpaired) electrons. The van der Waals surface area contributed by atoms with E-state index >= 15 is 0 Å². The summed E-state index contributed by atoms with van der Waals surface area (Å²) in [6.45, 7) is 8.46. The Morgan fingerprint density at radius 3 is 2.76 bits per heavy atom. The standard InChI is InChI=1S/C24H30N4O5/c1-6-7-8-17-22-20(14-24(2,3)15-21(22)29)27(25-17)18-10-9-16(13-19(18)28(31)32)23(30)26(4)11-12-33-5/h6,9-10,13H,1,7-8,11-12,14-15H2,2-5H3. The predicted octanol–water partition coefficient (Wildman–Crippen LogP) is 3.77. The van der Waals surface area contributed by atoms with Crippen molar-refractivity contribution in [2.45, 2.75) is 39.5 Å². The molecule has 0 spiro atoms. The third kappa shape index (κ3) is 5.03. The van der Waals surface area contributed by atoms with Gasteiger partial charge < -0.3 is 9.64 Å². The number of allylic oxidation sites excluding steroid dienone is 1. The fourth-order valence-electron chi connectivity index (χ4n) is 4.17. The van der Waals surface area contributed by atoms with Crippen molar-refractivity contribution in [3.05, 3.63) is 63.5 Å². The van der Waals surface area contributed by atoms with E-state index in [0.29, 0.717) is 55.8 Å². The number of amides is 1. The average molecular weight is 455 g/mol. The van der Waals surface area contributed by atoms with Crippen LogP contribution in [0, 0.1) is 15.5 Å². The van der Waals surface area contributed by atoms with Gasteiger partial charge in [-0.1, -0.05) is 19.9 Å². The topological polar surface area (TPSA) is 108 Å². The van der Waals surface area contributed by atoms with Crippen LogP contribution in [0.25, 0.3) is 5.69 Å². The van der Waals surface area contributed by atoms with Crippen LogP contribution in [0.3, 0.4) is 0 Å². The number of Topliss-reactive ketones (excluding diaryl/α,β-unsaturated/α-hetero) is 1. The molecule has 1 heterocycles. The zero-order valence-corrected chi connectivity index (χ0v) is 19.6. The molecule has 1 aromatic carbocycles. The van der Waals surface area contributed by atoms with Crippen molar-refractivity contribution in [1.82, 2.24) is 14.7 Å². The van der Waals surface area contributed by atoms with Gasteiger partial charge in [0.2, 0.25) is 0 Å². The summed E-state index contributed by atoms with van der Waals surface area (Å²) in [5, 5.41) is 16.6. The molecule has 33 heavy (non-hydrogen) atoms. The van der Waals surface area contributed by atoms with Gasteiger partial charge in [-0.15, -0.1) is 6.58 Å². The number of ketones is 1. The molecular formula is C24H30N4O5. The van der Waals surface area contributed by atoms with Crippen LogP contribution in [0.1, 0.15) is 58.8 Å². The quantitative estimate of drug-likeness (QED) is 0.324. The molecule has 1 aliphatic rings. The van der Waals surface area contributed by atoms with Crippen molar-refractivity contribution in [2.24, 2.45) is 5.41 Å².